The zero-order chi connectivity index (χ0) is 16.6. The number of rotatable bonds is 6. The molecule has 0 atom stereocenters. The molecule has 6 heteroatoms. The van der Waals surface area contributed by atoms with E-state index in [1.165, 1.54) is 5.56 Å². The van der Waals surface area contributed by atoms with Crippen LogP contribution in [0.25, 0.3) is 0 Å². The third-order valence-corrected chi connectivity index (χ3v) is 4.54. The van der Waals surface area contributed by atoms with Gasteiger partial charge in [0.25, 0.3) is 5.91 Å². The van der Waals surface area contributed by atoms with Crippen molar-refractivity contribution in [2.75, 3.05) is 65.7 Å². The van der Waals surface area contributed by atoms with E-state index in [1.54, 1.807) is 0 Å². The molecule has 1 amide bonds. The molecule has 1 aromatic carbocycles. The molecule has 3 rings (SSSR count). The van der Waals surface area contributed by atoms with Gasteiger partial charge in [0.2, 0.25) is 0 Å². The van der Waals surface area contributed by atoms with E-state index in [9.17, 15) is 4.79 Å². The summed E-state index contributed by atoms with van der Waals surface area (Å²) in [4.78, 5) is 16.9. The van der Waals surface area contributed by atoms with Gasteiger partial charge in [-0.05, 0) is 17.7 Å². The van der Waals surface area contributed by atoms with Gasteiger partial charge in [0.1, 0.15) is 0 Å². The molecule has 132 valence electrons. The van der Waals surface area contributed by atoms with E-state index in [4.69, 9.17) is 9.47 Å². The maximum absolute atomic E-state index is 12.2. The molecule has 0 bridgehead atoms. The number of hydrogen-bond acceptors (Lipinski definition) is 5. The van der Waals surface area contributed by atoms with Crippen LogP contribution in [0.4, 0.5) is 0 Å². The summed E-state index contributed by atoms with van der Waals surface area (Å²) in [5, 5.41) is 3.00. The third kappa shape index (κ3) is 5.27. The van der Waals surface area contributed by atoms with Crippen LogP contribution in [-0.2, 0) is 16.0 Å². The van der Waals surface area contributed by atoms with Gasteiger partial charge in [-0.15, -0.1) is 0 Å². The van der Waals surface area contributed by atoms with Crippen LogP contribution in [-0.4, -0.2) is 81.4 Å². The summed E-state index contributed by atoms with van der Waals surface area (Å²) in [6, 6.07) is 7.93. The highest BCUT2D eigenvalue weighted by atomic mass is 16.5. The Morgan fingerprint density at radius 2 is 1.50 bits per heavy atom. The predicted molar refractivity (Wildman–Crippen MR) is 92.1 cm³/mol. The summed E-state index contributed by atoms with van der Waals surface area (Å²) in [5.41, 5.74) is 1.96. The topological polar surface area (TPSA) is 54.0 Å². The van der Waals surface area contributed by atoms with Crippen molar-refractivity contribution in [3.63, 3.8) is 0 Å². The second-order valence-electron chi connectivity index (χ2n) is 6.30. The Morgan fingerprint density at radius 3 is 2.12 bits per heavy atom. The van der Waals surface area contributed by atoms with Gasteiger partial charge in [0.05, 0.1) is 26.4 Å². The minimum absolute atomic E-state index is 0.00109. The lowest BCUT2D eigenvalue weighted by Gasteiger charge is -2.26. The highest BCUT2D eigenvalue weighted by molar-refractivity contribution is 5.94. The average molecular weight is 333 g/mol. The minimum Gasteiger partial charge on any atom is -0.379 e. The first kappa shape index (κ1) is 17.4. The van der Waals surface area contributed by atoms with Gasteiger partial charge >= 0.3 is 0 Å². The van der Waals surface area contributed by atoms with Gasteiger partial charge in [0.15, 0.2) is 0 Å². The monoisotopic (exact) mass is 333 g/mol. The van der Waals surface area contributed by atoms with Crippen molar-refractivity contribution >= 4 is 5.91 Å². The summed E-state index contributed by atoms with van der Waals surface area (Å²) < 4.78 is 10.7. The summed E-state index contributed by atoms with van der Waals surface area (Å²) >= 11 is 0. The molecule has 0 aromatic heterocycles. The molecule has 24 heavy (non-hydrogen) atoms. The first-order valence-electron chi connectivity index (χ1n) is 8.78. The number of amides is 1. The number of nitrogens with zero attached hydrogens (tertiary/aromatic N) is 2. The van der Waals surface area contributed by atoms with Crippen LogP contribution in [0, 0.1) is 0 Å². The Morgan fingerprint density at radius 1 is 0.917 bits per heavy atom. The number of carbonyl (C=O) groups excluding carboxylic acids is 1. The summed E-state index contributed by atoms with van der Waals surface area (Å²) in [6.07, 6.45) is 0. The van der Waals surface area contributed by atoms with Crippen molar-refractivity contribution < 1.29 is 14.3 Å². The Labute approximate surface area is 143 Å². The van der Waals surface area contributed by atoms with Crippen molar-refractivity contribution in [1.82, 2.24) is 15.1 Å². The average Bonchev–Trinajstić information content (AvgIpc) is 2.64. The lowest BCUT2D eigenvalue weighted by atomic mass is 10.1. The number of hydrogen-bond donors (Lipinski definition) is 1. The van der Waals surface area contributed by atoms with Crippen molar-refractivity contribution in [2.45, 2.75) is 6.54 Å². The van der Waals surface area contributed by atoms with Gasteiger partial charge in [-0.1, -0.05) is 12.1 Å². The molecule has 1 aromatic rings. The molecule has 0 saturated carbocycles. The van der Waals surface area contributed by atoms with Crippen LogP contribution < -0.4 is 5.32 Å². The van der Waals surface area contributed by atoms with E-state index in [1.807, 2.05) is 24.3 Å². The van der Waals surface area contributed by atoms with Gasteiger partial charge in [-0.25, -0.2) is 0 Å². The molecule has 2 heterocycles. The Kier molecular flexibility index (Phi) is 6.60. The van der Waals surface area contributed by atoms with Crippen molar-refractivity contribution in [3.8, 4) is 0 Å². The number of nitrogens with one attached hydrogen (secondary N) is 1. The zero-order valence-electron chi connectivity index (χ0n) is 14.2. The molecule has 0 aliphatic carbocycles. The number of benzene rings is 1. The second-order valence-corrected chi connectivity index (χ2v) is 6.30. The highest BCUT2D eigenvalue weighted by Gasteiger charge is 2.12. The van der Waals surface area contributed by atoms with Crippen LogP contribution in [0.2, 0.25) is 0 Å². The lowest BCUT2D eigenvalue weighted by molar-refractivity contribution is 0.0342. The van der Waals surface area contributed by atoms with Crippen LogP contribution in [0.1, 0.15) is 15.9 Å². The SMILES string of the molecule is O=C(NCCN1CCOCC1)c1ccc(CN2CCOCC2)cc1. The summed E-state index contributed by atoms with van der Waals surface area (Å²) in [6.45, 7) is 9.52. The smallest absolute Gasteiger partial charge is 0.251 e. The van der Waals surface area contributed by atoms with Crippen molar-refractivity contribution in [2.24, 2.45) is 0 Å². The van der Waals surface area contributed by atoms with Gasteiger partial charge in [-0.2, -0.15) is 0 Å². The largest absolute Gasteiger partial charge is 0.379 e. The Hall–Kier alpha value is -1.47. The molecular formula is C18H27N3O3. The molecule has 0 spiro atoms. The fourth-order valence-electron chi connectivity index (χ4n) is 3.03. The van der Waals surface area contributed by atoms with Gasteiger partial charge in [-0.3, -0.25) is 14.6 Å². The molecule has 2 saturated heterocycles. The standard InChI is InChI=1S/C18H27N3O3/c22-18(19-5-6-20-7-11-23-12-8-20)17-3-1-16(2-4-17)15-21-9-13-24-14-10-21/h1-4H,5-15H2,(H,19,22). The molecule has 0 unspecified atom stereocenters. The fourth-order valence-corrected chi connectivity index (χ4v) is 3.03. The Balaban J connectivity index is 1.41. The van der Waals surface area contributed by atoms with Gasteiger partial charge in [0, 0.05) is 51.4 Å². The predicted octanol–water partition coefficient (Wildman–Crippen LogP) is 0.581. The third-order valence-electron chi connectivity index (χ3n) is 4.54. The van der Waals surface area contributed by atoms with Crippen molar-refractivity contribution in [1.29, 1.82) is 0 Å². The second kappa shape index (κ2) is 9.13. The molecule has 6 nitrogen and oxygen atoms in total. The van der Waals surface area contributed by atoms with Crippen LogP contribution in [0.5, 0.6) is 0 Å². The number of morpholine rings is 2. The minimum atomic E-state index is 0.00109. The fraction of sp³-hybridized carbons (Fsp3) is 0.611. The van der Waals surface area contributed by atoms with Crippen LogP contribution in [0.15, 0.2) is 24.3 Å². The van der Waals surface area contributed by atoms with E-state index in [-0.39, 0.29) is 5.91 Å². The van der Waals surface area contributed by atoms with Crippen molar-refractivity contribution in [3.05, 3.63) is 35.4 Å². The summed E-state index contributed by atoms with van der Waals surface area (Å²) in [7, 11) is 0. The number of ether oxygens (including phenoxy) is 2. The van der Waals surface area contributed by atoms with E-state index >= 15 is 0 Å². The number of carbonyl (C=O) groups is 1. The maximum atomic E-state index is 12.2. The Bertz CT molecular complexity index is 509. The summed E-state index contributed by atoms with van der Waals surface area (Å²) in [5.74, 6) is 0.00109. The van der Waals surface area contributed by atoms with Crippen LogP contribution >= 0.6 is 0 Å². The first-order chi connectivity index (χ1) is 11.8. The molecular weight excluding hydrogens is 306 g/mol. The molecule has 2 fully saturated rings. The molecule has 2 aliphatic rings. The first-order valence-corrected chi connectivity index (χ1v) is 8.78. The maximum Gasteiger partial charge on any atom is 0.251 e. The normalized spacial score (nSPS) is 20.0. The zero-order valence-corrected chi connectivity index (χ0v) is 14.2. The highest BCUT2D eigenvalue weighted by Crippen LogP contribution is 2.09. The molecule has 0 radical (unpaired) electrons. The van der Waals surface area contributed by atoms with E-state index in [0.29, 0.717) is 6.54 Å². The lowest BCUT2D eigenvalue weighted by Crippen LogP contribution is -2.41. The van der Waals surface area contributed by atoms with Gasteiger partial charge < -0.3 is 14.8 Å². The van der Waals surface area contributed by atoms with Crippen LogP contribution in [0.3, 0.4) is 0 Å². The molecule has 2 aliphatic heterocycles. The van der Waals surface area contributed by atoms with E-state index < -0.39 is 0 Å². The van der Waals surface area contributed by atoms with E-state index in [2.05, 4.69) is 15.1 Å². The quantitative estimate of drug-likeness (QED) is 0.825. The van der Waals surface area contributed by atoms with E-state index in [0.717, 1.165) is 71.3 Å². The molecule has 1 N–H and O–H groups in total.